The lowest BCUT2D eigenvalue weighted by molar-refractivity contribution is 0.587. The van der Waals surface area contributed by atoms with E-state index in [-0.39, 0.29) is 16.2 Å². The van der Waals surface area contributed by atoms with Crippen LogP contribution < -0.4 is 4.90 Å². The Balaban J connectivity index is 1.16. The Morgan fingerprint density at radius 1 is 0.433 bits per heavy atom. The van der Waals surface area contributed by atoms with Gasteiger partial charge in [0.25, 0.3) is 0 Å². The maximum absolute atomic E-state index is 4.16. The highest BCUT2D eigenvalue weighted by atomic mass is 15.1. The van der Waals surface area contributed by atoms with Gasteiger partial charge in [0.05, 0.1) is 11.1 Å². The fourth-order valence-electron chi connectivity index (χ4n) is 11.6. The van der Waals surface area contributed by atoms with Gasteiger partial charge in [-0.2, -0.15) is 0 Å². The third-order valence-corrected chi connectivity index (χ3v) is 15.0. The SMILES string of the molecule is C=C/C=C\C1=C(c2ccc(N(c3ccc4c(c3)C(C)(C)c3ccccc3-4)c3ccccc3-c3ccccc3)cc2)C2(c3ccccc31)c1cc(C(C)(C)C)ccc1-c1ccc(C(C)(C)C)cc12. The maximum Gasteiger partial charge on any atom is 0.0731 e. The molecule has 0 radical (unpaired) electrons. The molecule has 1 heteroatoms. The molecule has 0 aliphatic heterocycles. The van der Waals surface area contributed by atoms with E-state index in [0.29, 0.717) is 0 Å². The number of hydrogen-bond acceptors (Lipinski definition) is 1. The van der Waals surface area contributed by atoms with E-state index in [9.17, 15) is 0 Å². The van der Waals surface area contributed by atoms with Crippen molar-refractivity contribution in [2.75, 3.05) is 4.90 Å². The summed E-state index contributed by atoms with van der Waals surface area (Å²) in [5, 5.41) is 0. The first kappa shape index (κ1) is 42.4. The van der Waals surface area contributed by atoms with Crippen molar-refractivity contribution in [3.05, 3.63) is 257 Å². The molecule has 11 rings (SSSR count). The molecule has 67 heavy (non-hydrogen) atoms. The first-order chi connectivity index (χ1) is 32.2. The minimum absolute atomic E-state index is 0.0359. The Kier molecular flexibility index (Phi) is 9.77. The zero-order chi connectivity index (χ0) is 46.5. The molecule has 3 aliphatic carbocycles. The van der Waals surface area contributed by atoms with Gasteiger partial charge in [-0.1, -0.05) is 232 Å². The summed E-state index contributed by atoms with van der Waals surface area (Å²) in [6, 6.07) is 68.9. The summed E-state index contributed by atoms with van der Waals surface area (Å²) in [6.45, 7) is 22.9. The van der Waals surface area contributed by atoms with Crippen LogP contribution in [0.25, 0.3) is 44.5 Å². The standard InChI is InChI=1S/C66H59N/c1-10-11-23-55-51-26-16-19-28-57(51)66(59-40-45(63(2,3)4)32-37-53(59)54-38-33-46(41-60(54)66)64(5,6)7)62(55)44-30-34-47(35-31-44)67(61-29-20-17-24-49(61)43-21-13-12-14-22-43)48-36-39-52-50-25-15-18-27-56(50)65(8,9)58(52)42-48/h10-42H,1H2,2-9H3/b23-11-. The highest BCUT2D eigenvalue weighted by Gasteiger charge is 2.53. The van der Waals surface area contributed by atoms with Crippen molar-refractivity contribution in [1.82, 2.24) is 0 Å². The Labute approximate surface area is 398 Å². The first-order valence-electron chi connectivity index (χ1n) is 24.0. The number of fused-ring (bicyclic) bond motifs is 10. The summed E-state index contributed by atoms with van der Waals surface area (Å²) in [5.74, 6) is 0. The van der Waals surface area contributed by atoms with E-state index in [4.69, 9.17) is 0 Å². The number of rotatable bonds is 7. The van der Waals surface area contributed by atoms with E-state index in [2.05, 4.69) is 261 Å². The number of allylic oxidation sites excluding steroid dienone is 5. The quantitative estimate of drug-likeness (QED) is 0.144. The minimum Gasteiger partial charge on any atom is -0.310 e. The molecule has 0 amide bonds. The van der Waals surface area contributed by atoms with Gasteiger partial charge in [0.2, 0.25) is 0 Å². The summed E-state index contributed by atoms with van der Waals surface area (Å²) in [5.41, 5.74) is 24.7. The van der Waals surface area contributed by atoms with Crippen molar-refractivity contribution in [3.63, 3.8) is 0 Å². The van der Waals surface area contributed by atoms with Crippen LogP contribution in [0.1, 0.15) is 105 Å². The maximum atomic E-state index is 4.16. The van der Waals surface area contributed by atoms with Gasteiger partial charge >= 0.3 is 0 Å². The summed E-state index contributed by atoms with van der Waals surface area (Å²) in [4.78, 5) is 2.48. The third kappa shape index (κ3) is 6.50. The fourth-order valence-corrected chi connectivity index (χ4v) is 11.6. The molecule has 0 saturated heterocycles. The van der Waals surface area contributed by atoms with Crippen molar-refractivity contribution in [2.24, 2.45) is 0 Å². The van der Waals surface area contributed by atoms with Crippen molar-refractivity contribution >= 4 is 28.2 Å². The van der Waals surface area contributed by atoms with Crippen LogP contribution in [-0.4, -0.2) is 0 Å². The van der Waals surface area contributed by atoms with E-state index >= 15 is 0 Å². The molecule has 3 aliphatic rings. The molecule has 0 saturated carbocycles. The van der Waals surface area contributed by atoms with Gasteiger partial charge in [-0.3, -0.25) is 0 Å². The highest BCUT2D eigenvalue weighted by molar-refractivity contribution is 6.12. The number of hydrogen-bond donors (Lipinski definition) is 0. The fraction of sp³-hybridized carbons (Fsp3) is 0.182. The first-order valence-corrected chi connectivity index (χ1v) is 24.0. The lowest BCUT2D eigenvalue weighted by Gasteiger charge is -2.35. The Bertz CT molecular complexity index is 3280. The molecule has 0 heterocycles. The van der Waals surface area contributed by atoms with Crippen LogP contribution in [0.3, 0.4) is 0 Å². The molecule has 1 spiro atoms. The van der Waals surface area contributed by atoms with E-state index in [1.165, 1.54) is 94.6 Å². The molecule has 0 N–H and O–H groups in total. The Hall–Kier alpha value is -7.22. The molecule has 8 aromatic carbocycles. The van der Waals surface area contributed by atoms with Crippen LogP contribution in [0.4, 0.5) is 17.1 Å². The second-order valence-corrected chi connectivity index (χ2v) is 21.4. The molecule has 0 fully saturated rings. The van der Waals surface area contributed by atoms with E-state index in [0.717, 1.165) is 17.1 Å². The van der Waals surface area contributed by atoms with Crippen LogP contribution in [0.2, 0.25) is 0 Å². The Morgan fingerprint density at radius 2 is 0.940 bits per heavy atom. The van der Waals surface area contributed by atoms with Crippen LogP contribution in [0.15, 0.2) is 207 Å². The second-order valence-electron chi connectivity index (χ2n) is 21.4. The molecular formula is C66H59N. The highest BCUT2D eigenvalue weighted by Crippen LogP contribution is 2.65. The zero-order valence-electron chi connectivity index (χ0n) is 40.2. The van der Waals surface area contributed by atoms with Gasteiger partial charge in [-0.05, 0) is 130 Å². The third-order valence-electron chi connectivity index (χ3n) is 15.0. The van der Waals surface area contributed by atoms with E-state index < -0.39 is 5.41 Å². The summed E-state index contributed by atoms with van der Waals surface area (Å²) in [7, 11) is 0. The normalized spacial score (nSPS) is 15.0. The number of nitrogens with zero attached hydrogens (tertiary/aromatic N) is 1. The van der Waals surface area contributed by atoms with Gasteiger partial charge in [0, 0.05) is 22.4 Å². The summed E-state index contributed by atoms with van der Waals surface area (Å²) < 4.78 is 0. The number of anilines is 3. The molecule has 0 aromatic heterocycles. The minimum atomic E-state index is -0.563. The lowest BCUT2D eigenvalue weighted by Crippen LogP contribution is -2.28. The number of benzene rings is 8. The number of para-hydroxylation sites is 1. The van der Waals surface area contributed by atoms with Crippen LogP contribution in [-0.2, 0) is 21.7 Å². The van der Waals surface area contributed by atoms with E-state index in [1.54, 1.807) is 0 Å². The molecule has 0 bridgehead atoms. The summed E-state index contributed by atoms with van der Waals surface area (Å²) >= 11 is 0. The van der Waals surface area contributed by atoms with Crippen molar-refractivity contribution in [1.29, 1.82) is 0 Å². The van der Waals surface area contributed by atoms with Crippen molar-refractivity contribution in [3.8, 4) is 33.4 Å². The zero-order valence-corrected chi connectivity index (χ0v) is 40.2. The predicted octanol–water partition coefficient (Wildman–Crippen LogP) is 17.7. The largest absolute Gasteiger partial charge is 0.310 e. The molecule has 8 aromatic rings. The molecule has 0 atom stereocenters. The van der Waals surface area contributed by atoms with Crippen molar-refractivity contribution < 1.29 is 0 Å². The average molecular weight is 866 g/mol. The smallest absolute Gasteiger partial charge is 0.0731 e. The summed E-state index contributed by atoms with van der Waals surface area (Å²) in [6.07, 6.45) is 6.32. The van der Waals surface area contributed by atoms with Crippen LogP contribution >= 0.6 is 0 Å². The lowest BCUT2D eigenvalue weighted by atomic mass is 9.66. The monoisotopic (exact) mass is 865 g/mol. The topological polar surface area (TPSA) is 3.24 Å². The van der Waals surface area contributed by atoms with Gasteiger partial charge in [0.1, 0.15) is 0 Å². The molecule has 0 unspecified atom stereocenters. The molecule has 1 nitrogen and oxygen atoms in total. The molecule has 328 valence electrons. The second kappa shape index (κ2) is 15.4. The molecular weight excluding hydrogens is 807 g/mol. The van der Waals surface area contributed by atoms with Crippen LogP contribution in [0, 0.1) is 0 Å². The van der Waals surface area contributed by atoms with E-state index in [1.807, 2.05) is 6.08 Å². The predicted molar refractivity (Wildman–Crippen MR) is 286 cm³/mol. The van der Waals surface area contributed by atoms with Crippen LogP contribution in [0.5, 0.6) is 0 Å². The Morgan fingerprint density at radius 3 is 1.57 bits per heavy atom. The van der Waals surface area contributed by atoms with Gasteiger partial charge in [-0.25, -0.2) is 0 Å². The van der Waals surface area contributed by atoms with Gasteiger partial charge in [0.15, 0.2) is 0 Å². The van der Waals surface area contributed by atoms with Crippen molar-refractivity contribution in [2.45, 2.75) is 77.0 Å². The van der Waals surface area contributed by atoms with Gasteiger partial charge < -0.3 is 4.90 Å². The van der Waals surface area contributed by atoms with Gasteiger partial charge in [-0.15, -0.1) is 0 Å². The average Bonchev–Trinajstić information content (AvgIpc) is 3.88.